The van der Waals surface area contributed by atoms with E-state index in [0.29, 0.717) is 11.9 Å². The maximum atomic E-state index is 11.6. The molecule has 0 aliphatic heterocycles. The lowest BCUT2D eigenvalue weighted by Crippen LogP contribution is -2.10. The van der Waals surface area contributed by atoms with Gasteiger partial charge in [0.25, 0.3) is 5.56 Å². The number of anilines is 1. The largest absolute Gasteiger partial charge is 0.368 e. The summed E-state index contributed by atoms with van der Waals surface area (Å²) in [5.74, 6) is 0.721. The van der Waals surface area contributed by atoms with Gasteiger partial charge >= 0.3 is 0 Å². The number of H-pyrrole nitrogens is 1. The Balaban J connectivity index is 2.52. The van der Waals surface area contributed by atoms with Crippen LogP contribution in [-0.2, 0) is 0 Å². The van der Waals surface area contributed by atoms with Crippen LogP contribution in [0.15, 0.2) is 47.8 Å². The average Bonchev–Trinajstić information content (AvgIpc) is 2.26. The molecule has 15 heavy (non-hydrogen) atoms. The van der Waals surface area contributed by atoms with Crippen molar-refractivity contribution in [1.29, 1.82) is 0 Å². The molecular weight excluding hydrogens is 188 g/mol. The molecule has 0 atom stereocenters. The summed E-state index contributed by atoms with van der Waals surface area (Å²) in [5, 5.41) is 4.70. The molecule has 2 rings (SSSR count). The van der Waals surface area contributed by atoms with E-state index in [1.54, 1.807) is 6.08 Å². The first kappa shape index (κ1) is 9.52. The highest BCUT2D eigenvalue weighted by atomic mass is 16.1. The number of rotatable bonds is 3. The van der Waals surface area contributed by atoms with Crippen LogP contribution in [0.2, 0.25) is 0 Å². The lowest BCUT2D eigenvalue weighted by atomic mass is 10.2. The molecule has 0 aliphatic rings. The van der Waals surface area contributed by atoms with Crippen LogP contribution < -0.4 is 10.9 Å². The molecule has 2 N–H and O–H groups in total. The fourth-order valence-corrected chi connectivity index (χ4v) is 1.49. The van der Waals surface area contributed by atoms with E-state index in [1.807, 2.05) is 30.3 Å². The SMILES string of the molecule is C=CCNc1cc2ccccc2c(=O)[nH]1. The zero-order valence-electron chi connectivity index (χ0n) is 8.29. The van der Waals surface area contributed by atoms with E-state index in [9.17, 15) is 4.79 Å². The standard InChI is InChI=1S/C12H12N2O/c1-2-7-13-11-8-9-5-3-4-6-10(9)12(15)14-11/h2-6,8H,1,7H2,(H2,13,14,15). The molecule has 76 valence electrons. The van der Waals surface area contributed by atoms with Crippen LogP contribution in [0.5, 0.6) is 0 Å². The number of benzene rings is 1. The number of pyridine rings is 1. The molecule has 0 saturated carbocycles. The predicted molar refractivity (Wildman–Crippen MR) is 63.3 cm³/mol. The van der Waals surface area contributed by atoms with Gasteiger partial charge in [0.2, 0.25) is 0 Å². The highest BCUT2D eigenvalue weighted by Crippen LogP contribution is 2.12. The van der Waals surface area contributed by atoms with E-state index in [2.05, 4.69) is 16.9 Å². The van der Waals surface area contributed by atoms with Crippen molar-refractivity contribution in [3.8, 4) is 0 Å². The zero-order chi connectivity index (χ0) is 10.7. The third kappa shape index (κ3) is 1.91. The Hall–Kier alpha value is -2.03. The van der Waals surface area contributed by atoms with Crippen molar-refractivity contribution in [2.75, 3.05) is 11.9 Å². The van der Waals surface area contributed by atoms with E-state index in [1.165, 1.54) is 0 Å². The monoisotopic (exact) mass is 200 g/mol. The van der Waals surface area contributed by atoms with Gasteiger partial charge in [-0.05, 0) is 17.5 Å². The molecule has 0 saturated heterocycles. The van der Waals surface area contributed by atoms with Gasteiger partial charge in [0.05, 0.1) is 0 Å². The highest BCUT2D eigenvalue weighted by Gasteiger charge is 1.99. The van der Waals surface area contributed by atoms with Crippen molar-refractivity contribution in [2.24, 2.45) is 0 Å². The van der Waals surface area contributed by atoms with Gasteiger partial charge in [-0.3, -0.25) is 4.79 Å². The molecule has 0 amide bonds. The van der Waals surface area contributed by atoms with Crippen molar-refractivity contribution < 1.29 is 0 Å². The molecule has 3 nitrogen and oxygen atoms in total. The summed E-state index contributed by atoms with van der Waals surface area (Å²) in [4.78, 5) is 14.4. The molecular formula is C12H12N2O. The normalized spacial score (nSPS) is 10.1. The van der Waals surface area contributed by atoms with Crippen LogP contribution >= 0.6 is 0 Å². The Morgan fingerprint density at radius 3 is 3.00 bits per heavy atom. The van der Waals surface area contributed by atoms with Crippen LogP contribution in [0, 0.1) is 0 Å². The lowest BCUT2D eigenvalue weighted by Gasteiger charge is -2.04. The molecule has 0 fully saturated rings. The van der Waals surface area contributed by atoms with Crippen LogP contribution in [0.3, 0.4) is 0 Å². The zero-order valence-corrected chi connectivity index (χ0v) is 8.29. The van der Waals surface area contributed by atoms with Crippen LogP contribution in [-0.4, -0.2) is 11.5 Å². The number of nitrogens with one attached hydrogen (secondary N) is 2. The van der Waals surface area contributed by atoms with Gasteiger partial charge in [0.1, 0.15) is 5.82 Å². The van der Waals surface area contributed by atoms with E-state index in [0.717, 1.165) is 11.2 Å². The molecule has 1 aromatic heterocycles. The van der Waals surface area contributed by atoms with Crippen LogP contribution in [0.4, 0.5) is 5.82 Å². The fourth-order valence-electron chi connectivity index (χ4n) is 1.49. The third-order valence-corrected chi connectivity index (χ3v) is 2.19. The Labute approximate surface area is 87.4 Å². The number of aromatic nitrogens is 1. The fraction of sp³-hybridized carbons (Fsp3) is 0.0833. The summed E-state index contributed by atoms with van der Waals surface area (Å²) in [6.45, 7) is 4.24. The van der Waals surface area contributed by atoms with Gasteiger partial charge in [-0.15, -0.1) is 6.58 Å². The van der Waals surface area contributed by atoms with Crippen LogP contribution in [0.1, 0.15) is 0 Å². The van der Waals surface area contributed by atoms with Crippen molar-refractivity contribution >= 4 is 16.6 Å². The topological polar surface area (TPSA) is 44.9 Å². The number of hydrogen-bond donors (Lipinski definition) is 2. The van der Waals surface area contributed by atoms with E-state index >= 15 is 0 Å². The summed E-state index contributed by atoms with van der Waals surface area (Å²) < 4.78 is 0. The molecule has 2 aromatic rings. The van der Waals surface area contributed by atoms with Gasteiger partial charge in [-0.1, -0.05) is 24.3 Å². The minimum absolute atomic E-state index is 0.0698. The first-order valence-electron chi connectivity index (χ1n) is 4.78. The van der Waals surface area contributed by atoms with Crippen molar-refractivity contribution in [1.82, 2.24) is 4.98 Å². The van der Waals surface area contributed by atoms with Gasteiger partial charge in [0.15, 0.2) is 0 Å². The average molecular weight is 200 g/mol. The van der Waals surface area contributed by atoms with E-state index in [4.69, 9.17) is 0 Å². The second-order valence-corrected chi connectivity index (χ2v) is 3.27. The summed E-state index contributed by atoms with van der Waals surface area (Å²) in [7, 11) is 0. The molecule has 0 radical (unpaired) electrons. The Bertz CT molecular complexity index is 543. The van der Waals surface area contributed by atoms with E-state index in [-0.39, 0.29) is 5.56 Å². The maximum Gasteiger partial charge on any atom is 0.257 e. The predicted octanol–water partition coefficient (Wildman–Crippen LogP) is 2.13. The second kappa shape index (κ2) is 4.00. The number of aromatic amines is 1. The smallest absolute Gasteiger partial charge is 0.257 e. The van der Waals surface area contributed by atoms with Gasteiger partial charge in [0, 0.05) is 11.9 Å². The van der Waals surface area contributed by atoms with E-state index < -0.39 is 0 Å². The molecule has 0 aliphatic carbocycles. The quantitative estimate of drug-likeness (QED) is 0.745. The number of fused-ring (bicyclic) bond motifs is 1. The molecule has 0 spiro atoms. The van der Waals surface area contributed by atoms with Gasteiger partial charge in [-0.2, -0.15) is 0 Å². The summed E-state index contributed by atoms with van der Waals surface area (Å²) in [6, 6.07) is 9.42. The number of hydrogen-bond acceptors (Lipinski definition) is 2. The Morgan fingerprint density at radius 1 is 1.40 bits per heavy atom. The van der Waals surface area contributed by atoms with Crippen molar-refractivity contribution in [3.05, 3.63) is 53.3 Å². The van der Waals surface area contributed by atoms with Crippen LogP contribution in [0.25, 0.3) is 10.8 Å². The Morgan fingerprint density at radius 2 is 2.20 bits per heavy atom. The molecule has 3 heteroatoms. The lowest BCUT2D eigenvalue weighted by molar-refractivity contribution is 1.21. The maximum absolute atomic E-state index is 11.6. The molecule has 0 bridgehead atoms. The van der Waals surface area contributed by atoms with Gasteiger partial charge < -0.3 is 10.3 Å². The molecule has 1 aromatic carbocycles. The summed E-state index contributed by atoms with van der Waals surface area (Å²) in [6.07, 6.45) is 1.74. The van der Waals surface area contributed by atoms with Crippen molar-refractivity contribution in [3.63, 3.8) is 0 Å². The molecule has 0 unspecified atom stereocenters. The molecule has 1 heterocycles. The first-order chi connectivity index (χ1) is 7.31. The van der Waals surface area contributed by atoms with Crippen molar-refractivity contribution in [2.45, 2.75) is 0 Å². The summed E-state index contributed by atoms with van der Waals surface area (Å²) in [5.41, 5.74) is -0.0698. The third-order valence-electron chi connectivity index (χ3n) is 2.19. The highest BCUT2D eigenvalue weighted by molar-refractivity contribution is 5.83. The second-order valence-electron chi connectivity index (χ2n) is 3.27. The Kier molecular flexibility index (Phi) is 2.54. The first-order valence-corrected chi connectivity index (χ1v) is 4.78. The minimum Gasteiger partial charge on any atom is -0.368 e. The summed E-state index contributed by atoms with van der Waals surface area (Å²) >= 11 is 0. The van der Waals surface area contributed by atoms with Gasteiger partial charge in [-0.25, -0.2) is 0 Å². The minimum atomic E-state index is -0.0698.